The molecular formula is C46H48Cl2N8O7. The standard InChI is InChI=1S/C46H48Cl2N8O7/c1-61-39-20-37(34(47)18-35(39)48)51-43-27(21-49)22-50-36-19-41(40(62-2)17-33(36)43)63-15-3-12-53-13-10-26(11-14-53)23-55-29-4-5-30(55)25-54(24-29)28-6-7-31-32(16-28)46(60)56(45(31)59)38-8-9-42(57)52-44(38)58/h6-7,16-20,22,26,29-30,38H,3-5,8-15,23-25H2,1-2H3,(H,50,51)(H,52,57,58). The van der Waals surface area contributed by atoms with Crippen LogP contribution in [0.3, 0.4) is 0 Å². The second-order valence-corrected chi connectivity index (χ2v) is 17.7. The fourth-order valence-electron chi connectivity index (χ4n) is 9.92. The van der Waals surface area contributed by atoms with Gasteiger partial charge in [0.1, 0.15) is 17.9 Å². The molecule has 2 bridgehead atoms. The number of carbonyl (C=O) groups excluding carboxylic acids is 4. The van der Waals surface area contributed by atoms with Crippen LogP contribution in [0, 0.1) is 17.2 Å². The van der Waals surface area contributed by atoms with Crippen LogP contribution in [0.2, 0.25) is 10.0 Å². The Labute approximate surface area is 375 Å². The molecule has 9 rings (SSSR count). The number of halogens is 2. The fourth-order valence-corrected chi connectivity index (χ4v) is 10.4. The van der Waals surface area contributed by atoms with Gasteiger partial charge in [-0.05, 0) is 87.9 Å². The highest BCUT2D eigenvalue weighted by atomic mass is 35.5. The molecule has 63 heavy (non-hydrogen) atoms. The maximum Gasteiger partial charge on any atom is 0.262 e. The number of carbonyl (C=O) groups is 4. The van der Waals surface area contributed by atoms with E-state index < -0.39 is 23.8 Å². The van der Waals surface area contributed by atoms with Gasteiger partial charge in [-0.2, -0.15) is 5.26 Å². The van der Waals surface area contributed by atoms with Crippen LogP contribution in [0.25, 0.3) is 10.9 Å². The Balaban J connectivity index is 0.757. The predicted molar refractivity (Wildman–Crippen MR) is 237 cm³/mol. The first-order valence-corrected chi connectivity index (χ1v) is 22.2. The summed E-state index contributed by atoms with van der Waals surface area (Å²) < 4.78 is 17.4. The number of anilines is 3. The molecule has 0 radical (unpaired) electrons. The van der Waals surface area contributed by atoms with Gasteiger partial charge in [-0.15, -0.1) is 0 Å². The number of nitrogens with zero attached hydrogens (tertiary/aromatic N) is 6. The van der Waals surface area contributed by atoms with Crippen molar-refractivity contribution in [3.8, 4) is 23.3 Å². The van der Waals surface area contributed by atoms with Crippen molar-refractivity contribution in [2.24, 2.45) is 5.92 Å². The number of nitrogens with one attached hydrogen (secondary N) is 2. The lowest BCUT2D eigenvalue weighted by atomic mass is 9.95. The number of pyridine rings is 1. The zero-order valence-corrected chi connectivity index (χ0v) is 36.6. The number of benzene rings is 3. The monoisotopic (exact) mass is 894 g/mol. The Kier molecular flexibility index (Phi) is 12.1. The number of hydrogen-bond donors (Lipinski definition) is 2. The van der Waals surface area contributed by atoms with E-state index in [1.54, 1.807) is 25.3 Å². The number of aromatic nitrogens is 1. The van der Waals surface area contributed by atoms with Gasteiger partial charge in [0.05, 0.1) is 64.5 Å². The van der Waals surface area contributed by atoms with E-state index in [9.17, 15) is 24.4 Å². The maximum atomic E-state index is 13.5. The minimum Gasteiger partial charge on any atom is -0.495 e. The quantitative estimate of drug-likeness (QED) is 0.112. The number of fused-ring (bicyclic) bond motifs is 4. The first-order chi connectivity index (χ1) is 30.5. The molecule has 328 valence electrons. The number of rotatable bonds is 13. The molecule has 0 spiro atoms. The van der Waals surface area contributed by atoms with Crippen LogP contribution in [-0.4, -0.2) is 122 Å². The summed E-state index contributed by atoms with van der Waals surface area (Å²) in [4.78, 5) is 64.1. The molecule has 4 saturated heterocycles. The molecule has 0 aliphatic carbocycles. The maximum absolute atomic E-state index is 13.5. The number of imide groups is 2. The highest BCUT2D eigenvalue weighted by Gasteiger charge is 2.46. The molecular weight excluding hydrogens is 847 g/mol. The Morgan fingerprint density at radius 3 is 2.33 bits per heavy atom. The molecule has 4 fully saturated rings. The first-order valence-electron chi connectivity index (χ1n) is 21.5. The Morgan fingerprint density at radius 1 is 0.873 bits per heavy atom. The highest BCUT2D eigenvalue weighted by Crippen LogP contribution is 2.41. The van der Waals surface area contributed by atoms with Crippen molar-refractivity contribution in [3.05, 3.63) is 75.4 Å². The van der Waals surface area contributed by atoms with Crippen molar-refractivity contribution in [2.75, 3.05) is 70.3 Å². The van der Waals surface area contributed by atoms with Crippen LogP contribution in [0.4, 0.5) is 17.1 Å². The molecule has 0 saturated carbocycles. The van der Waals surface area contributed by atoms with Gasteiger partial charge in [-0.3, -0.25) is 39.3 Å². The first kappa shape index (κ1) is 42.6. The number of hydrogen-bond acceptors (Lipinski definition) is 13. The van der Waals surface area contributed by atoms with Crippen LogP contribution >= 0.6 is 23.2 Å². The Hall–Kier alpha value is -5.66. The number of methoxy groups -OCH3 is 2. The number of piperazine rings is 1. The van der Waals surface area contributed by atoms with Crippen LogP contribution in [-0.2, 0) is 9.59 Å². The smallest absolute Gasteiger partial charge is 0.262 e. The summed E-state index contributed by atoms with van der Waals surface area (Å²) in [5.74, 6) is 0.218. The number of amides is 4. The summed E-state index contributed by atoms with van der Waals surface area (Å²) in [6, 6.07) is 14.4. The third-order valence-electron chi connectivity index (χ3n) is 13.2. The minimum atomic E-state index is -0.974. The number of ether oxygens (including phenoxy) is 3. The topological polar surface area (TPSA) is 170 Å². The second kappa shape index (κ2) is 17.8. The fraction of sp³-hybridized carbons (Fsp3) is 0.435. The third-order valence-corrected chi connectivity index (χ3v) is 13.9. The lowest BCUT2D eigenvalue weighted by Gasteiger charge is -2.44. The van der Waals surface area contributed by atoms with E-state index in [4.69, 9.17) is 37.4 Å². The summed E-state index contributed by atoms with van der Waals surface area (Å²) in [5.41, 5.74) is 3.55. The van der Waals surface area contributed by atoms with E-state index in [0.717, 1.165) is 82.0 Å². The van der Waals surface area contributed by atoms with Crippen LogP contribution in [0.1, 0.15) is 71.2 Å². The molecule has 4 amide bonds. The molecule has 17 heteroatoms. The van der Waals surface area contributed by atoms with Crippen molar-refractivity contribution in [1.82, 2.24) is 25.0 Å². The van der Waals surface area contributed by atoms with E-state index in [-0.39, 0.29) is 18.7 Å². The summed E-state index contributed by atoms with van der Waals surface area (Å²) in [6.45, 7) is 6.32. The second-order valence-electron chi connectivity index (χ2n) is 16.9. The van der Waals surface area contributed by atoms with Gasteiger partial charge >= 0.3 is 0 Å². The summed E-state index contributed by atoms with van der Waals surface area (Å²) in [6.07, 6.45) is 7.15. The molecule has 4 aromatic rings. The zero-order valence-electron chi connectivity index (χ0n) is 35.1. The largest absolute Gasteiger partial charge is 0.495 e. The molecule has 2 N–H and O–H groups in total. The molecule has 15 nitrogen and oxygen atoms in total. The molecule has 3 unspecified atom stereocenters. The van der Waals surface area contributed by atoms with E-state index >= 15 is 0 Å². The molecule has 5 aliphatic heterocycles. The van der Waals surface area contributed by atoms with Gasteiger partial charge in [-0.1, -0.05) is 23.2 Å². The lowest BCUT2D eigenvalue weighted by molar-refractivity contribution is -0.136. The SMILES string of the molecule is COc1cc(Nc2c(C#N)cnc3cc(OCCCN4CCC(CN5C6CCC5CN(c5ccc7c(c5)C(=O)N(C5CCC(=O)NC5=O)C7=O)C6)CC4)c(OC)cc23)c(Cl)cc1Cl. The van der Waals surface area contributed by atoms with E-state index in [1.165, 1.54) is 13.3 Å². The van der Waals surface area contributed by atoms with E-state index in [0.29, 0.717) is 90.9 Å². The van der Waals surface area contributed by atoms with E-state index in [1.807, 2.05) is 24.3 Å². The van der Waals surface area contributed by atoms with Crippen molar-refractivity contribution < 1.29 is 33.4 Å². The van der Waals surface area contributed by atoms with Gasteiger partial charge in [-0.25, -0.2) is 0 Å². The lowest BCUT2D eigenvalue weighted by Crippen LogP contribution is -2.55. The minimum absolute atomic E-state index is 0.0928. The van der Waals surface area contributed by atoms with Crippen molar-refractivity contribution in [1.29, 1.82) is 5.26 Å². The van der Waals surface area contributed by atoms with Crippen LogP contribution in [0.15, 0.2) is 48.7 Å². The molecule has 5 aliphatic rings. The van der Waals surface area contributed by atoms with Crippen molar-refractivity contribution in [3.63, 3.8) is 0 Å². The number of likely N-dealkylation sites (tertiary alicyclic amines) is 1. The summed E-state index contributed by atoms with van der Waals surface area (Å²) >= 11 is 12.8. The molecule has 3 atom stereocenters. The zero-order chi connectivity index (χ0) is 43.9. The van der Waals surface area contributed by atoms with Gasteiger partial charge in [0, 0.05) is 74.1 Å². The summed E-state index contributed by atoms with van der Waals surface area (Å²) in [7, 11) is 3.10. The summed E-state index contributed by atoms with van der Waals surface area (Å²) in [5, 5.41) is 16.9. The average Bonchev–Trinajstić information content (AvgIpc) is 3.65. The third kappa shape index (κ3) is 8.33. The molecule has 1 aromatic heterocycles. The van der Waals surface area contributed by atoms with Gasteiger partial charge in [0.25, 0.3) is 11.8 Å². The van der Waals surface area contributed by atoms with Gasteiger partial charge < -0.3 is 29.3 Å². The number of nitriles is 1. The van der Waals surface area contributed by atoms with Crippen LogP contribution < -0.4 is 29.7 Å². The number of piperidine rings is 2. The normalized spacial score (nSPS) is 21.7. The van der Waals surface area contributed by atoms with Crippen molar-refractivity contribution >= 4 is 74.8 Å². The Morgan fingerprint density at radius 2 is 1.62 bits per heavy atom. The Bertz CT molecular complexity index is 2530. The molecule has 3 aromatic carbocycles. The average molecular weight is 896 g/mol. The van der Waals surface area contributed by atoms with Gasteiger partial charge in [0.15, 0.2) is 11.5 Å². The van der Waals surface area contributed by atoms with Gasteiger partial charge in [0.2, 0.25) is 11.8 Å². The van der Waals surface area contributed by atoms with Crippen molar-refractivity contribution in [2.45, 2.75) is 63.1 Å². The van der Waals surface area contributed by atoms with Crippen LogP contribution in [0.5, 0.6) is 17.2 Å². The highest BCUT2D eigenvalue weighted by molar-refractivity contribution is 6.37. The predicted octanol–water partition coefficient (Wildman–Crippen LogP) is 6.41. The van der Waals surface area contributed by atoms with E-state index in [2.05, 4.69) is 36.4 Å². The molecule has 6 heterocycles.